The summed E-state index contributed by atoms with van der Waals surface area (Å²) in [6, 6.07) is 15.4. The zero-order valence-electron chi connectivity index (χ0n) is 12.1. The highest BCUT2D eigenvalue weighted by molar-refractivity contribution is 6.30. The average Bonchev–Trinajstić information content (AvgIpc) is 2.47. The fraction of sp³-hybridized carbons (Fsp3) is 0.235. The van der Waals surface area contributed by atoms with Gasteiger partial charge in [-0.3, -0.25) is 4.90 Å². The van der Waals surface area contributed by atoms with E-state index in [1.807, 2.05) is 43.4 Å². The lowest BCUT2D eigenvalue weighted by Crippen LogP contribution is -2.17. The van der Waals surface area contributed by atoms with E-state index in [0.29, 0.717) is 12.1 Å². The van der Waals surface area contributed by atoms with E-state index in [1.54, 1.807) is 13.2 Å². The summed E-state index contributed by atoms with van der Waals surface area (Å²) in [4.78, 5) is 2.16. The maximum Gasteiger partial charge on any atom is 0.123 e. The first-order chi connectivity index (χ1) is 10.1. The minimum absolute atomic E-state index is 0.641. The summed E-state index contributed by atoms with van der Waals surface area (Å²) >= 11 is 6.00. The Labute approximate surface area is 130 Å². The number of halogens is 1. The van der Waals surface area contributed by atoms with Crippen molar-refractivity contribution >= 4 is 11.6 Å². The standard InChI is InChI=1S/C17H17ClN2O/c1-20(11-14-4-3-5-16(18)9-14)12-15-8-13(10-19)6-7-17(15)21-2/h3-9H,11-12H2,1-2H3. The largest absolute Gasteiger partial charge is 0.496 e. The summed E-state index contributed by atoms with van der Waals surface area (Å²) in [6.45, 7) is 1.48. The predicted molar refractivity (Wildman–Crippen MR) is 84.3 cm³/mol. The second kappa shape index (κ2) is 7.12. The highest BCUT2D eigenvalue weighted by Gasteiger charge is 2.08. The topological polar surface area (TPSA) is 36.3 Å². The molecule has 0 radical (unpaired) electrons. The van der Waals surface area contributed by atoms with E-state index in [2.05, 4.69) is 11.0 Å². The Hall–Kier alpha value is -2.02. The van der Waals surface area contributed by atoms with Crippen LogP contribution in [0.4, 0.5) is 0 Å². The minimum atomic E-state index is 0.641. The van der Waals surface area contributed by atoms with Crippen molar-refractivity contribution in [3.63, 3.8) is 0 Å². The number of hydrogen-bond donors (Lipinski definition) is 0. The molecule has 0 N–H and O–H groups in total. The molecule has 0 aromatic heterocycles. The van der Waals surface area contributed by atoms with Crippen molar-refractivity contribution in [2.45, 2.75) is 13.1 Å². The van der Waals surface area contributed by atoms with Crippen LogP contribution in [0.1, 0.15) is 16.7 Å². The molecule has 0 spiro atoms. The first-order valence-electron chi connectivity index (χ1n) is 6.62. The first-order valence-corrected chi connectivity index (χ1v) is 7.00. The van der Waals surface area contributed by atoms with Gasteiger partial charge < -0.3 is 4.74 Å². The summed E-state index contributed by atoms with van der Waals surface area (Å²) in [7, 11) is 3.67. The first kappa shape index (κ1) is 15.4. The molecule has 0 unspecified atom stereocenters. The third-order valence-corrected chi connectivity index (χ3v) is 3.43. The lowest BCUT2D eigenvalue weighted by Gasteiger charge is -2.19. The molecule has 0 amide bonds. The van der Waals surface area contributed by atoms with E-state index >= 15 is 0 Å². The molecular formula is C17H17ClN2O. The molecule has 0 saturated carbocycles. The zero-order chi connectivity index (χ0) is 15.2. The van der Waals surface area contributed by atoms with Gasteiger partial charge in [0.1, 0.15) is 5.75 Å². The second-order valence-electron chi connectivity index (χ2n) is 4.94. The normalized spacial score (nSPS) is 10.4. The third kappa shape index (κ3) is 4.22. The van der Waals surface area contributed by atoms with Gasteiger partial charge in [0, 0.05) is 23.7 Å². The Kier molecular flexibility index (Phi) is 5.21. The van der Waals surface area contributed by atoms with Crippen molar-refractivity contribution in [3.05, 3.63) is 64.2 Å². The molecule has 2 aromatic rings. The summed E-state index contributed by atoms with van der Waals surface area (Å²) in [5.41, 5.74) is 2.79. The predicted octanol–water partition coefficient (Wildman–Crippen LogP) is 3.85. The van der Waals surface area contributed by atoms with E-state index in [-0.39, 0.29) is 0 Å². The Bertz CT molecular complexity index is 664. The number of hydrogen-bond acceptors (Lipinski definition) is 3. The maximum absolute atomic E-state index is 9.01. The van der Waals surface area contributed by atoms with Crippen LogP contribution >= 0.6 is 11.6 Å². The summed E-state index contributed by atoms with van der Waals surface area (Å²) in [5.74, 6) is 0.798. The number of rotatable bonds is 5. The SMILES string of the molecule is COc1ccc(C#N)cc1CN(C)Cc1cccc(Cl)c1. The summed E-state index contributed by atoms with van der Waals surface area (Å²) in [5, 5.41) is 9.75. The van der Waals surface area contributed by atoms with Crippen LogP contribution in [0.3, 0.4) is 0 Å². The monoisotopic (exact) mass is 300 g/mol. The van der Waals surface area contributed by atoms with Gasteiger partial charge in [-0.15, -0.1) is 0 Å². The number of methoxy groups -OCH3 is 1. The van der Waals surface area contributed by atoms with Crippen molar-refractivity contribution < 1.29 is 4.74 Å². The van der Waals surface area contributed by atoms with Gasteiger partial charge in [0.15, 0.2) is 0 Å². The van der Waals surface area contributed by atoms with Crippen LogP contribution in [-0.4, -0.2) is 19.1 Å². The van der Waals surface area contributed by atoms with Gasteiger partial charge in [0.05, 0.1) is 18.7 Å². The fourth-order valence-electron chi connectivity index (χ4n) is 2.27. The summed E-state index contributed by atoms with van der Waals surface area (Å²) in [6.07, 6.45) is 0. The molecule has 0 bridgehead atoms. The molecule has 4 heteroatoms. The molecule has 108 valence electrons. The van der Waals surface area contributed by atoms with Crippen molar-refractivity contribution in [3.8, 4) is 11.8 Å². The second-order valence-corrected chi connectivity index (χ2v) is 5.38. The van der Waals surface area contributed by atoms with E-state index in [1.165, 1.54) is 0 Å². The van der Waals surface area contributed by atoms with Crippen molar-refractivity contribution in [2.75, 3.05) is 14.2 Å². The highest BCUT2D eigenvalue weighted by atomic mass is 35.5. The minimum Gasteiger partial charge on any atom is -0.496 e. The number of ether oxygens (including phenoxy) is 1. The van der Waals surface area contributed by atoms with Crippen LogP contribution in [0.5, 0.6) is 5.75 Å². The van der Waals surface area contributed by atoms with Gasteiger partial charge in [-0.2, -0.15) is 5.26 Å². The van der Waals surface area contributed by atoms with Gasteiger partial charge >= 0.3 is 0 Å². The van der Waals surface area contributed by atoms with Crippen LogP contribution < -0.4 is 4.74 Å². The maximum atomic E-state index is 9.01. The van der Waals surface area contributed by atoms with Crippen LogP contribution in [-0.2, 0) is 13.1 Å². The fourth-order valence-corrected chi connectivity index (χ4v) is 2.48. The average molecular weight is 301 g/mol. The lowest BCUT2D eigenvalue weighted by atomic mass is 10.1. The van der Waals surface area contributed by atoms with Gasteiger partial charge in [-0.1, -0.05) is 23.7 Å². The summed E-state index contributed by atoms with van der Waals surface area (Å²) < 4.78 is 5.36. The van der Waals surface area contributed by atoms with Gasteiger partial charge in [0.2, 0.25) is 0 Å². The quantitative estimate of drug-likeness (QED) is 0.841. The Morgan fingerprint density at radius 2 is 2.00 bits per heavy atom. The van der Waals surface area contributed by atoms with Crippen LogP contribution in [0.25, 0.3) is 0 Å². The molecule has 3 nitrogen and oxygen atoms in total. The molecule has 2 rings (SSSR count). The van der Waals surface area contributed by atoms with Gasteiger partial charge in [-0.25, -0.2) is 0 Å². The van der Waals surface area contributed by atoms with Crippen molar-refractivity contribution in [2.24, 2.45) is 0 Å². The van der Waals surface area contributed by atoms with E-state index in [9.17, 15) is 0 Å². The van der Waals surface area contributed by atoms with E-state index in [0.717, 1.165) is 28.4 Å². The number of nitriles is 1. The third-order valence-electron chi connectivity index (χ3n) is 3.19. The van der Waals surface area contributed by atoms with Crippen molar-refractivity contribution in [1.29, 1.82) is 5.26 Å². The van der Waals surface area contributed by atoms with E-state index in [4.69, 9.17) is 21.6 Å². The highest BCUT2D eigenvalue weighted by Crippen LogP contribution is 2.22. The van der Waals surface area contributed by atoms with Crippen LogP contribution in [0, 0.1) is 11.3 Å². The Balaban J connectivity index is 2.12. The lowest BCUT2D eigenvalue weighted by molar-refractivity contribution is 0.310. The molecule has 0 aliphatic heterocycles. The van der Waals surface area contributed by atoms with Crippen molar-refractivity contribution in [1.82, 2.24) is 4.90 Å². The molecular weight excluding hydrogens is 284 g/mol. The van der Waals surface area contributed by atoms with Gasteiger partial charge in [-0.05, 0) is 42.9 Å². The Morgan fingerprint density at radius 3 is 2.67 bits per heavy atom. The van der Waals surface area contributed by atoms with Gasteiger partial charge in [0.25, 0.3) is 0 Å². The molecule has 0 heterocycles. The van der Waals surface area contributed by atoms with Crippen LogP contribution in [0.2, 0.25) is 5.02 Å². The van der Waals surface area contributed by atoms with E-state index < -0.39 is 0 Å². The molecule has 0 aliphatic carbocycles. The smallest absolute Gasteiger partial charge is 0.123 e. The molecule has 21 heavy (non-hydrogen) atoms. The number of nitrogens with zero attached hydrogens (tertiary/aromatic N) is 2. The Morgan fingerprint density at radius 1 is 1.19 bits per heavy atom. The molecule has 0 saturated heterocycles. The number of benzene rings is 2. The zero-order valence-corrected chi connectivity index (χ0v) is 12.9. The van der Waals surface area contributed by atoms with Crippen LogP contribution in [0.15, 0.2) is 42.5 Å². The molecule has 0 atom stereocenters. The molecule has 0 aliphatic rings. The molecule has 2 aromatic carbocycles. The molecule has 0 fully saturated rings.